The fourth-order valence-corrected chi connectivity index (χ4v) is 4.66. The van der Waals surface area contributed by atoms with Crippen LogP contribution in [0.5, 0.6) is 0 Å². The van der Waals surface area contributed by atoms with Crippen molar-refractivity contribution < 1.29 is 21.2 Å². The van der Waals surface area contributed by atoms with Crippen LogP contribution in [0.2, 0.25) is 0 Å². The molecule has 0 saturated carbocycles. The van der Waals surface area contributed by atoms with Gasteiger partial charge in [0.1, 0.15) is 0 Å². The van der Waals surface area contributed by atoms with Crippen LogP contribution in [0.1, 0.15) is 12.8 Å². The van der Waals surface area contributed by atoms with E-state index in [9.17, 15) is 0 Å². The van der Waals surface area contributed by atoms with E-state index >= 15 is 0 Å². The Kier molecular flexibility index (Phi) is 1.26. The van der Waals surface area contributed by atoms with Crippen molar-refractivity contribution in [1.29, 1.82) is 0 Å². The summed E-state index contributed by atoms with van der Waals surface area (Å²) in [5.74, 6) is 0. The number of halogens is 1. The zero-order valence-corrected chi connectivity index (χ0v) is 7.07. The second-order valence-electron chi connectivity index (χ2n) is 2.65. The van der Waals surface area contributed by atoms with E-state index in [0.29, 0.717) is 21.2 Å². The summed E-state index contributed by atoms with van der Waals surface area (Å²) in [5, 5.41) is 3.44. The van der Waals surface area contributed by atoms with E-state index in [1.165, 1.54) is 19.5 Å². The molecule has 0 amide bonds. The van der Waals surface area contributed by atoms with Crippen LogP contribution in [0.25, 0.3) is 0 Å². The second kappa shape index (κ2) is 1.84. The molecule has 0 aromatic carbocycles. The van der Waals surface area contributed by atoms with Crippen molar-refractivity contribution in [3.63, 3.8) is 0 Å². The van der Waals surface area contributed by atoms with E-state index in [-0.39, 0.29) is 0 Å². The van der Waals surface area contributed by atoms with Gasteiger partial charge in [-0.15, -0.1) is 0 Å². The number of hydrogen-bond donors (Lipinski definition) is 1. The quantitative estimate of drug-likeness (QED) is 0.346. The van der Waals surface area contributed by atoms with Gasteiger partial charge in [0.05, 0.1) is 0 Å². The molecule has 1 nitrogen and oxygen atoms in total. The molecule has 0 aromatic rings. The van der Waals surface area contributed by atoms with Gasteiger partial charge >= 0.3 is 60.3 Å². The number of nitrogens with one attached hydrogen (secondary N) is 1. The summed E-state index contributed by atoms with van der Waals surface area (Å²) >= 11 is 0.638. The summed E-state index contributed by atoms with van der Waals surface area (Å²) < 4.78 is 2.51. The molecule has 2 heteroatoms. The molecule has 2 aliphatic heterocycles. The maximum absolute atomic E-state index is 3.44. The van der Waals surface area contributed by atoms with Gasteiger partial charge in [0.2, 0.25) is 0 Å². The van der Waals surface area contributed by atoms with Gasteiger partial charge in [-0.2, -0.15) is 0 Å². The molecule has 1 spiro atoms. The second-order valence-corrected chi connectivity index (χ2v) is 6.78. The molecule has 0 aliphatic carbocycles. The van der Waals surface area contributed by atoms with Crippen molar-refractivity contribution in [2.75, 3.05) is 17.5 Å². The Morgan fingerprint density at radius 2 is 2.25 bits per heavy atom. The first-order chi connectivity index (χ1) is 3.91. The predicted octanol–water partition coefficient (Wildman–Crippen LogP) is -2.79. The molecule has 2 fully saturated rings. The van der Waals surface area contributed by atoms with Gasteiger partial charge in [0.25, 0.3) is 0 Å². The van der Waals surface area contributed by atoms with E-state index in [0.717, 1.165) is 3.42 Å². The topological polar surface area (TPSA) is 12.0 Å². The standard InChI is InChI=1S/C6H11IN/c1-3-7-6(1)2-4-8-5-6/h8H,1-5H2/q-1. The third-order valence-corrected chi connectivity index (χ3v) is 6.27. The summed E-state index contributed by atoms with van der Waals surface area (Å²) in [5.41, 5.74) is 0. The zero-order valence-electron chi connectivity index (χ0n) is 4.91. The summed E-state index contributed by atoms with van der Waals surface area (Å²) in [7, 11) is 0. The molecule has 8 heavy (non-hydrogen) atoms. The van der Waals surface area contributed by atoms with E-state index in [2.05, 4.69) is 5.32 Å². The van der Waals surface area contributed by atoms with Crippen LogP contribution in [-0.4, -0.2) is 20.9 Å². The minimum atomic E-state index is 0.638. The number of rotatable bonds is 0. The van der Waals surface area contributed by atoms with E-state index in [1.807, 2.05) is 0 Å². The predicted molar refractivity (Wildman–Crippen MR) is 29.7 cm³/mol. The number of hydrogen-bond acceptors (Lipinski definition) is 1. The van der Waals surface area contributed by atoms with Crippen molar-refractivity contribution in [2.24, 2.45) is 0 Å². The van der Waals surface area contributed by atoms with Crippen LogP contribution in [0.3, 0.4) is 0 Å². The van der Waals surface area contributed by atoms with Gasteiger partial charge in [-0.1, -0.05) is 0 Å². The molecular weight excluding hydrogens is 213 g/mol. The first kappa shape index (κ1) is 5.47. The Morgan fingerprint density at radius 1 is 1.38 bits per heavy atom. The normalized spacial score (nSPS) is 46.0. The number of alkyl halides is 2. The summed E-state index contributed by atoms with van der Waals surface area (Å²) in [4.78, 5) is 0. The fraction of sp³-hybridized carbons (Fsp3) is 1.00. The van der Waals surface area contributed by atoms with Crippen molar-refractivity contribution in [3.05, 3.63) is 0 Å². The first-order valence-corrected chi connectivity index (χ1v) is 5.83. The van der Waals surface area contributed by atoms with Crippen LogP contribution < -0.4 is 26.5 Å². The van der Waals surface area contributed by atoms with Crippen LogP contribution in [0.4, 0.5) is 0 Å². The summed E-state index contributed by atoms with van der Waals surface area (Å²) in [6.45, 7) is 2.67. The average molecular weight is 224 g/mol. The molecule has 2 saturated heterocycles. The molecular formula is C6H11IN-. The van der Waals surface area contributed by atoms with Crippen molar-refractivity contribution in [3.8, 4) is 0 Å². The van der Waals surface area contributed by atoms with Crippen molar-refractivity contribution in [2.45, 2.75) is 16.3 Å². The monoisotopic (exact) mass is 224 g/mol. The van der Waals surface area contributed by atoms with Crippen LogP contribution in [0.15, 0.2) is 0 Å². The SMILES string of the molecule is C1CC2(CC[I-]2)CN1. The Labute approximate surface area is 60.5 Å². The molecule has 2 heterocycles. The van der Waals surface area contributed by atoms with Crippen LogP contribution in [0, 0.1) is 0 Å². The molecule has 48 valence electrons. The average Bonchev–Trinajstić information content (AvgIpc) is 2.07. The third-order valence-electron chi connectivity index (χ3n) is 2.11. The summed E-state index contributed by atoms with van der Waals surface area (Å²) in [6, 6.07) is 0. The molecule has 0 aromatic heterocycles. The third kappa shape index (κ3) is 0.692. The van der Waals surface area contributed by atoms with Gasteiger partial charge < -0.3 is 0 Å². The van der Waals surface area contributed by atoms with E-state index in [4.69, 9.17) is 0 Å². The first-order valence-electron chi connectivity index (χ1n) is 3.22. The van der Waals surface area contributed by atoms with Gasteiger partial charge in [-0.25, -0.2) is 0 Å². The molecule has 1 unspecified atom stereocenters. The van der Waals surface area contributed by atoms with Crippen LogP contribution in [-0.2, 0) is 0 Å². The molecule has 2 rings (SSSR count). The van der Waals surface area contributed by atoms with Crippen molar-refractivity contribution in [1.82, 2.24) is 5.32 Å². The summed E-state index contributed by atoms with van der Waals surface area (Å²) in [6.07, 6.45) is 3.05. The van der Waals surface area contributed by atoms with Gasteiger partial charge in [-0.05, 0) is 0 Å². The van der Waals surface area contributed by atoms with Crippen LogP contribution >= 0.6 is 0 Å². The maximum atomic E-state index is 3.44. The van der Waals surface area contributed by atoms with Crippen molar-refractivity contribution >= 4 is 0 Å². The molecule has 1 N–H and O–H groups in total. The fourth-order valence-electron chi connectivity index (χ4n) is 1.40. The van der Waals surface area contributed by atoms with E-state index < -0.39 is 0 Å². The van der Waals surface area contributed by atoms with Gasteiger partial charge in [0.15, 0.2) is 0 Å². The molecule has 0 radical (unpaired) electrons. The molecule has 2 aliphatic rings. The molecule has 0 bridgehead atoms. The Morgan fingerprint density at radius 3 is 2.50 bits per heavy atom. The zero-order chi connectivity index (χ0) is 5.45. The Bertz CT molecular complexity index is 90.7. The van der Waals surface area contributed by atoms with Gasteiger partial charge in [-0.3, -0.25) is 0 Å². The Hall–Kier alpha value is 0.690. The minimum absolute atomic E-state index is 0.638. The molecule has 1 atom stereocenters. The van der Waals surface area contributed by atoms with E-state index in [1.54, 1.807) is 10.8 Å². The Balaban J connectivity index is 2.01. The van der Waals surface area contributed by atoms with Gasteiger partial charge in [0, 0.05) is 0 Å².